The highest BCUT2D eigenvalue weighted by Crippen LogP contribution is 2.51. The van der Waals surface area contributed by atoms with Gasteiger partial charge in [-0.05, 0) is 152 Å². The Labute approximate surface area is 363 Å². The molecule has 298 valence electrons. The van der Waals surface area contributed by atoms with Crippen LogP contribution in [0.2, 0.25) is 0 Å². The van der Waals surface area contributed by atoms with Crippen LogP contribution in [0.4, 0.5) is 0 Å². The van der Waals surface area contributed by atoms with E-state index in [0.717, 1.165) is 12.8 Å². The van der Waals surface area contributed by atoms with Gasteiger partial charge in [-0.1, -0.05) is 196 Å². The van der Waals surface area contributed by atoms with Crippen LogP contribution in [0.1, 0.15) is 73.1 Å². The summed E-state index contributed by atoms with van der Waals surface area (Å²) in [5.74, 6) is 0.666. The lowest BCUT2D eigenvalue weighted by Gasteiger charge is -2.22. The molecule has 0 radical (unpaired) electrons. The minimum Gasteiger partial charge on any atom is -0.112 e. The van der Waals surface area contributed by atoms with Crippen molar-refractivity contribution in [3.63, 3.8) is 0 Å². The van der Waals surface area contributed by atoms with E-state index in [2.05, 4.69) is 235 Å². The number of hydrogen-bond acceptors (Lipinski definition) is 0. The summed E-state index contributed by atoms with van der Waals surface area (Å²) in [5, 5.41) is 2.68. The van der Waals surface area contributed by atoms with Crippen LogP contribution in [0.25, 0.3) is 55.3 Å². The lowest BCUT2D eigenvalue weighted by atomic mass is 9.81. The second kappa shape index (κ2) is 16.7. The maximum Gasteiger partial charge on any atom is 0.0281 e. The van der Waals surface area contributed by atoms with E-state index < -0.39 is 0 Å². The van der Waals surface area contributed by atoms with E-state index in [1.165, 1.54) is 105 Å². The molecule has 0 fully saturated rings. The van der Waals surface area contributed by atoms with Crippen molar-refractivity contribution in [3.8, 4) is 33.4 Å². The van der Waals surface area contributed by atoms with Gasteiger partial charge in [0, 0.05) is 11.0 Å². The normalized spacial score (nSPS) is 16.2. The summed E-state index contributed by atoms with van der Waals surface area (Å²) in [6.07, 6.45) is 15.6. The molecule has 0 aliphatic heterocycles. The molecule has 0 bridgehead atoms. The maximum atomic E-state index is 3.54. The summed E-state index contributed by atoms with van der Waals surface area (Å²) < 4.78 is 0. The summed E-state index contributed by atoms with van der Waals surface area (Å²) in [6, 6.07) is 55.1. The minimum atomic E-state index is -0.0235. The molecule has 0 aromatic heterocycles. The van der Waals surface area contributed by atoms with Gasteiger partial charge in [-0.25, -0.2) is 0 Å². The quantitative estimate of drug-likeness (QED) is 0.157. The zero-order chi connectivity index (χ0) is 42.1. The monoisotopic (exact) mass is 786 g/mol. The fourth-order valence-corrected chi connectivity index (χ4v) is 9.26. The first-order valence-corrected chi connectivity index (χ1v) is 21.9. The molecule has 0 amide bonds. The molecule has 11 rings (SSSR count). The molecule has 61 heavy (non-hydrogen) atoms. The van der Waals surface area contributed by atoms with E-state index in [-0.39, 0.29) is 5.41 Å². The second-order valence-corrected chi connectivity index (χ2v) is 17.7. The van der Waals surface area contributed by atoms with Crippen molar-refractivity contribution in [1.82, 2.24) is 0 Å². The largest absolute Gasteiger partial charge is 0.112 e. The van der Waals surface area contributed by atoms with Crippen molar-refractivity contribution in [2.24, 2.45) is 5.92 Å². The van der Waals surface area contributed by atoms with Gasteiger partial charge in [-0.15, -0.1) is 5.73 Å². The Kier molecular flexibility index (Phi) is 10.9. The van der Waals surface area contributed by atoms with Gasteiger partial charge in [-0.2, -0.15) is 0 Å². The SMILES string of the molecule is CC1=CC=C=C2C(=C1)C(C)(C)c1cc(-c3ccc4c(c3)-c3ccccc3C4)ccc12.Cc1ccc(-c2cccc(C3=CCC(C)C=C3)c2)cc1.Cc1cccc2ccccc12. The molecule has 0 heteroatoms. The average molecular weight is 787 g/mol. The number of rotatable bonds is 3. The second-order valence-electron chi connectivity index (χ2n) is 17.7. The Morgan fingerprint density at radius 3 is 2.10 bits per heavy atom. The molecule has 4 aliphatic carbocycles. The predicted octanol–water partition coefficient (Wildman–Crippen LogP) is 16.4. The molecule has 7 aromatic rings. The Balaban J connectivity index is 0.000000131. The third-order valence-electron chi connectivity index (χ3n) is 12.9. The van der Waals surface area contributed by atoms with E-state index in [1.807, 2.05) is 0 Å². The van der Waals surface area contributed by atoms with Crippen LogP contribution >= 0.6 is 0 Å². The van der Waals surface area contributed by atoms with Crippen LogP contribution in [0.3, 0.4) is 0 Å². The fourth-order valence-electron chi connectivity index (χ4n) is 9.26. The van der Waals surface area contributed by atoms with Crippen LogP contribution in [-0.4, -0.2) is 0 Å². The molecule has 0 saturated carbocycles. The molecule has 0 heterocycles. The lowest BCUT2D eigenvalue weighted by Crippen LogP contribution is -2.15. The van der Waals surface area contributed by atoms with Crippen molar-refractivity contribution in [3.05, 3.63) is 244 Å². The Morgan fingerprint density at radius 1 is 0.590 bits per heavy atom. The van der Waals surface area contributed by atoms with Crippen LogP contribution in [0, 0.1) is 19.8 Å². The van der Waals surface area contributed by atoms with Crippen molar-refractivity contribution >= 4 is 21.9 Å². The molecular weight excluding hydrogens is 733 g/mol. The van der Waals surface area contributed by atoms with Crippen molar-refractivity contribution in [2.75, 3.05) is 0 Å². The topological polar surface area (TPSA) is 0 Å². The van der Waals surface area contributed by atoms with Gasteiger partial charge in [0.05, 0.1) is 0 Å². The maximum absolute atomic E-state index is 3.54. The molecule has 7 aromatic carbocycles. The molecule has 0 nitrogen and oxygen atoms in total. The number of aryl methyl sites for hydroxylation is 2. The van der Waals surface area contributed by atoms with Crippen LogP contribution in [-0.2, 0) is 11.8 Å². The van der Waals surface area contributed by atoms with Crippen molar-refractivity contribution in [2.45, 2.75) is 59.8 Å². The highest BCUT2D eigenvalue weighted by molar-refractivity contribution is 5.92. The van der Waals surface area contributed by atoms with Gasteiger partial charge in [0.2, 0.25) is 0 Å². The number of fused-ring (bicyclic) bond motifs is 7. The van der Waals surface area contributed by atoms with Crippen LogP contribution in [0.5, 0.6) is 0 Å². The Morgan fingerprint density at radius 2 is 1.28 bits per heavy atom. The van der Waals surface area contributed by atoms with E-state index in [9.17, 15) is 0 Å². The molecule has 0 N–H and O–H groups in total. The van der Waals surface area contributed by atoms with Crippen LogP contribution < -0.4 is 0 Å². The smallest absolute Gasteiger partial charge is 0.0281 e. The average Bonchev–Trinajstić information content (AvgIpc) is 3.65. The third kappa shape index (κ3) is 8.13. The zero-order valence-corrected chi connectivity index (χ0v) is 36.4. The van der Waals surface area contributed by atoms with E-state index in [1.54, 1.807) is 0 Å². The fraction of sp³-hybridized carbons (Fsp3) is 0.164. The summed E-state index contributed by atoms with van der Waals surface area (Å²) in [4.78, 5) is 0. The van der Waals surface area contributed by atoms with Gasteiger partial charge in [-0.3, -0.25) is 0 Å². The summed E-state index contributed by atoms with van der Waals surface area (Å²) >= 11 is 0. The summed E-state index contributed by atoms with van der Waals surface area (Å²) in [6.45, 7) is 13.4. The summed E-state index contributed by atoms with van der Waals surface area (Å²) in [5.41, 5.74) is 26.3. The van der Waals surface area contributed by atoms with Crippen LogP contribution in [0.15, 0.2) is 205 Å². The lowest BCUT2D eigenvalue weighted by molar-refractivity contribution is 0.660. The van der Waals surface area contributed by atoms with Gasteiger partial charge in [0.1, 0.15) is 0 Å². The van der Waals surface area contributed by atoms with Crippen molar-refractivity contribution < 1.29 is 0 Å². The van der Waals surface area contributed by atoms with Gasteiger partial charge >= 0.3 is 0 Å². The highest BCUT2D eigenvalue weighted by atomic mass is 14.4. The Hall–Kier alpha value is -6.72. The number of allylic oxidation sites excluding steroid dienone is 9. The van der Waals surface area contributed by atoms with Gasteiger partial charge < -0.3 is 0 Å². The van der Waals surface area contributed by atoms with E-state index in [4.69, 9.17) is 0 Å². The van der Waals surface area contributed by atoms with Crippen molar-refractivity contribution in [1.29, 1.82) is 0 Å². The Bertz CT molecular complexity index is 2990. The predicted molar refractivity (Wildman–Crippen MR) is 263 cm³/mol. The van der Waals surface area contributed by atoms with E-state index in [0.29, 0.717) is 5.92 Å². The molecule has 1 unspecified atom stereocenters. The molecular formula is C61H54. The molecule has 1 atom stereocenters. The molecule has 0 saturated heterocycles. The minimum absolute atomic E-state index is 0.0235. The van der Waals surface area contributed by atoms with Gasteiger partial charge in [0.15, 0.2) is 0 Å². The standard InChI is InChI=1S/C30H24.C20H20.C11H10/c1-19-7-6-10-25-26-14-13-21(18-29(26)30(2,3)28(25)15-19)20-11-12-23-16-22-8-4-5-9-24(22)27(23)17-20;1-15-6-10-17(11-7-15)19-4-3-5-20(14-19)18-12-8-16(2)9-13-18;1-9-5-4-7-10-6-2-3-8-11(9)10/h4-9,11-15,17-18H,16H2,1-3H3;3-8,10-14,16H,9H2,1-2H3;2-8H,1H3. The molecule has 4 aliphatic rings. The zero-order valence-electron chi connectivity index (χ0n) is 36.4. The summed E-state index contributed by atoms with van der Waals surface area (Å²) in [7, 11) is 0. The first-order chi connectivity index (χ1) is 29.6. The molecule has 0 spiro atoms. The first kappa shape index (κ1) is 39.7. The van der Waals surface area contributed by atoms with E-state index >= 15 is 0 Å². The number of hydrogen-bond donors (Lipinski definition) is 0. The number of benzene rings is 7. The third-order valence-corrected chi connectivity index (χ3v) is 12.9. The highest BCUT2D eigenvalue weighted by Gasteiger charge is 2.38. The first-order valence-electron chi connectivity index (χ1n) is 21.9. The van der Waals surface area contributed by atoms with Gasteiger partial charge in [0.25, 0.3) is 0 Å².